The van der Waals surface area contributed by atoms with Gasteiger partial charge in [0.2, 0.25) is 10.0 Å². The van der Waals surface area contributed by atoms with Crippen LogP contribution in [-0.4, -0.2) is 63.9 Å². The van der Waals surface area contributed by atoms with Crippen molar-refractivity contribution in [1.29, 1.82) is 0 Å². The topological polar surface area (TPSA) is 76.2 Å². The Morgan fingerprint density at radius 3 is 2.19 bits per heavy atom. The van der Waals surface area contributed by atoms with Gasteiger partial charge in [-0.1, -0.05) is 18.2 Å². The first-order chi connectivity index (χ1) is 13.0. The number of hydrogen-bond donors (Lipinski definition) is 0. The molecule has 1 fully saturated rings. The molecule has 0 bridgehead atoms. The first-order valence-corrected chi connectivity index (χ1v) is 9.98. The second-order valence-corrected chi connectivity index (χ2v) is 7.99. The van der Waals surface area contributed by atoms with Gasteiger partial charge >= 0.3 is 0 Å². The molecule has 144 valence electrons. The van der Waals surface area contributed by atoms with Crippen molar-refractivity contribution in [3.05, 3.63) is 54.1 Å². The van der Waals surface area contributed by atoms with Crippen LogP contribution in [0.3, 0.4) is 0 Å². The molecule has 0 N–H and O–H groups in total. The van der Waals surface area contributed by atoms with E-state index in [1.807, 2.05) is 18.2 Å². The fraction of sp³-hybridized carbons (Fsp3) is 0.316. The quantitative estimate of drug-likeness (QED) is 0.779. The highest BCUT2D eigenvalue weighted by molar-refractivity contribution is 7.89. The van der Waals surface area contributed by atoms with Gasteiger partial charge < -0.3 is 14.4 Å². The molecule has 1 aliphatic heterocycles. The van der Waals surface area contributed by atoms with E-state index in [-0.39, 0.29) is 29.6 Å². The summed E-state index contributed by atoms with van der Waals surface area (Å²) in [5.41, 5.74) is 0.602. The number of benzene rings is 2. The maximum absolute atomic E-state index is 13.0. The Kier molecular flexibility index (Phi) is 5.67. The Labute approximate surface area is 159 Å². The number of rotatable bonds is 5. The Bertz CT molecular complexity index is 907. The third-order valence-electron chi connectivity index (χ3n) is 4.54. The lowest BCUT2D eigenvalue weighted by atomic mass is 10.2. The van der Waals surface area contributed by atoms with Crippen LogP contribution in [0.15, 0.2) is 53.4 Å². The minimum absolute atomic E-state index is 0.0883. The van der Waals surface area contributed by atoms with Gasteiger partial charge in [-0.2, -0.15) is 4.31 Å². The molecule has 1 saturated heterocycles. The van der Waals surface area contributed by atoms with Gasteiger partial charge in [0, 0.05) is 37.8 Å². The van der Waals surface area contributed by atoms with Crippen molar-refractivity contribution in [2.75, 3.05) is 40.4 Å². The lowest BCUT2D eigenvalue weighted by Crippen LogP contribution is -2.50. The first-order valence-electron chi connectivity index (χ1n) is 8.54. The van der Waals surface area contributed by atoms with E-state index in [1.54, 1.807) is 29.2 Å². The standard InChI is InChI=1S/C19H22N2O5S/c1-25-16-8-9-18(17(14-16)26-2)27(23,24)21-12-10-20(11-13-21)19(22)15-6-4-3-5-7-15/h3-9,14H,10-13H2,1-2H3. The van der Waals surface area contributed by atoms with Gasteiger partial charge in [0.1, 0.15) is 16.4 Å². The number of carbonyl (C=O) groups excluding carboxylic acids is 1. The van der Waals surface area contributed by atoms with Gasteiger partial charge in [0.25, 0.3) is 5.91 Å². The molecule has 27 heavy (non-hydrogen) atoms. The normalized spacial score (nSPS) is 15.4. The first kappa shape index (κ1) is 19.2. The van der Waals surface area contributed by atoms with Crippen LogP contribution < -0.4 is 9.47 Å². The summed E-state index contributed by atoms with van der Waals surface area (Å²) < 4.78 is 37.8. The van der Waals surface area contributed by atoms with E-state index in [0.717, 1.165) is 0 Å². The molecular weight excluding hydrogens is 368 g/mol. The van der Waals surface area contributed by atoms with E-state index < -0.39 is 10.0 Å². The van der Waals surface area contributed by atoms with E-state index in [9.17, 15) is 13.2 Å². The average Bonchev–Trinajstić information content (AvgIpc) is 2.73. The molecule has 0 unspecified atom stereocenters. The van der Waals surface area contributed by atoms with Crippen LogP contribution in [-0.2, 0) is 10.0 Å². The number of sulfonamides is 1. The molecule has 2 aromatic carbocycles. The predicted molar refractivity (Wildman–Crippen MR) is 101 cm³/mol. The van der Waals surface area contributed by atoms with Crippen LogP contribution in [0.1, 0.15) is 10.4 Å². The largest absolute Gasteiger partial charge is 0.497 e. The van der Waals surface area contributed by atoms with E-state index >= 15 is 0 Å². The summed E-state index contributed by atoms with van der Waals surface area (Å²) >= 11 is 0. The summed E-state index contributed by atoms with van der Waals surface area (Å²) in [6, 6.07) is 13.6. The van der Waals surface area contributed by atoms with Crippen molar-refractivity contribution in [2.45, 2.75) is 4.90 Å². The predicted octanol–water partition coefficient (Wildman–Crippen LogP) is 1.85. The van der Waals surface area contributed by atoms with E-state index in [2.05, 4.69) is 0 Å². The number of carbonyl (C=O) groups is 1. The van der Waals surface area contributed by atoms with Crippen molar-refractivity contribution in [3.8, 4) is 11.5 Å². The summed E-state index contributed by atoms with van der Waals surface area (Å²) in [5.74, 6) is 0.663. The van der Waals surface area contributed by atoms with Crippen LogP contribution in [0.25, 0.3) is 0 Å². The second kappa shape index (κ2) is 7.98. The highest BCUT2D eigenvalue weighted by atomic mass is 32.2. The minimum atomic E-state index is -3.73. The van der Waals surface area contributed by atoms with E-state index in [1.165, 1.54) is 24.6 Å². The average molecular weight is 390 g/mol. The molecule has 2 aromatic rings. The number of amides is 1. The minimum Gasteiger partial charge on any atom is -0.497 e. The van der Waals surface area contributed by atoms with Crippen LogP contribution in [0, 0.1) is 0 Å². The van der Waals surface area contributed by atoms with Gasteiger partial charge in [0.05, 0.1) is 14.2 Å². The lowest BCUT2D eigenvalue weighted by molar-refractivity contribution is 0.0698. The zero-order valence-electron chi connectivity index (χ0n) is 15.3. The number of ether oxygens (including phenoxy) is 2. The molecule has 8 heteroatoms. The zero-order chi connectivity index (χ0) is 19.4. The van der Waals surface area contributed by atoms with Crippen molar-refractivity contribution >= 4 is 15.9 Å². The summed E-state index contributed by atoms with van der Waals surface area (Å²) in [6.07, 6.45) is 0. The third kappa shape index (κ3) is 3.91. The Balaban J connectivity index is 1.74. The van der Waals surface area contributed by atoms with Gasteiger partial charge in [-0.3, -0.25) is 4.79 Å². The number of hydrogen-bond acceptors (Lipinski definition) is 5. The van der Waals surface area contributed by atoms with Crippen LogP contribution in [0.2, 0.25) is 0 Å². The smallest absolute Gasteiger partial charge is 0.253 e. The van der Waals surface area contributed by atoms with Crippen molar-refractivity contribution in [1.82, 2.24) is 9.21 Å². The fourth-order valence-electron chi connectivity index (χ4n) is 3.02. The Morgan fingerprint density at radius 1 is 0.926 bits per heavy atom. The van der Waals surface area contributed by atoms with Gasteiger partial charge in [-0.25, -0.2) is 8.42 Å². The molecule has 0 radical (unpaired) electrons. The van der Waals surface area contributed by atoms with E-state index in [4.69, 9.17) is 9.47 Å². The Hall–Kier alpha value is -2.58. The van der Waals surface area contributed by atoms with Crippen molar-refractivity contribution < 1.29 is 22.7 Å². The van der Waals surface area contributed by atoms with Gasteiger partial charge in [-0.15, -0.1) is 0 Å². The molecule has 1 amide bonds. The second-order valence-electron chi connectivity index (χ2n) is 6.08. The molecule has 3 rings (SSSR count). The maximum Gasteiger partial charge on any atom is 0.253 e. The summed E-state index contributed by atoms with van der Waals surface area (Å²) in [7, 11) is -0.802. The molecule has 0 aliphatic carbocycles. The van der Waals surface area contributed by atoms with Crippen molar-refractivity contribution in [3.63, 3.8) is 0 Å². The number of piperazine rings is 1. The zero-order valence-corrected chi connectivity index (χ0v) is 16.1. The molecule has 1 heterocycles. The maximum atomic E-state index is 13.0. The summed E-state index contributed by atoms with van der Waals surface area (Å²) in [4.78, 5) is 14.3. The summed E-state index contributed by atoms with van der Waals surface area (Å²) in [6.45, 7) is 1.14. The van der Waals surface area contributed by atoms with Crippen LogP contribution in [0.5, 0.6) is 11.5 Å². The highest BCUT2D eigenvalue weighted by Crippen LogP contribution is 2.31. The number of methoxy groups -OCH3 is 2. The molecule has 0 spiro atoms. The molecule has 0 atom stereocenters. The van der Waals surface area contributed by atoms with E-state index in [0.29, 0.717) is 24.4 Å². The molecule has 7 nitrogen and oxygen atoms in total. The molecule has 0 aromatic heterocycles. The Morgan fingerprint density at radius 2 is 1.59 bits per heavy atom. The lowest BCUT2D eigenvalue weighted by Gasteiger charge is -2.34. The molecule has 0 saturated carbocycles. The van der Waals surface area contributed by atoms with Crippen LogP contribution >= 0.6 is 0 Å². The monoisotopic (exact) mass is 390 g/mol. The van der Waals surface area contributed by atoms with Crippen LogP contribution in [0.4, 0.5) is 0 Å². The van der Waals surface area contributed by atoms with Gasteiger partial charge in [-0.05, 0) is 24.3 Å². The van der Waals surface area contributed by atoms with Gasteiger partial charge in [0.15, 0.2) is 0 Å². The summed E-state index contributed by atoms with van der Waals surface area (Å²) in [5, 5.41) is 0. The molecule has 1 aliphatic rings. The van der Waals surface area contributed by atoms with Crippen molar-refractivity contribution in [2.24, 2.45) is 0 Å². The SMILES string of the molecule is COc1ccc(S(=O)(=O)N2CCN(C(=O)c3ccccc3)CC2)c(OC)c1. The fourth-order valence-corrected chi connectivity index (χ4v) is 4.58. The highest BCUT2D eigenvalue weighted by Gasteiger charge is 2.32. The number of nitrogens with zero attached hydrogens (tertiary/aromatic N) is 2. The molecular formula is C19H22N2O5S. The third-order valence-corrected chi connectivity index (χ3v) is 6.47.